The SMILES string of the molecule is CCCCNC(=O)C(C)NC1CC=CCC1. The lowest BCUT2D eigenvalue weighted by Crippen LogP contribution is -2.47. The standard InChI is InChI=1S/C13H24N2O/c1-3-4-10-14-13(16)11(2)15-12-8-6-5-7-9-12/h5-6,11-12,15H,3-4,7-10H2,1-2H3,(H,14,16). The summed E-state index contributed by atoms with van der Waals surface area (Å²) in [5, 5.41) is 6.34. The summed E-state index contributed by atoms with van der Waals surface area (Å²) in [5.74, 6) is 0.128. The minimum Gasteiger partial charge on any atom is -0.355 e. The highest BCUT2D eigenvalue weighted by molar-refractivity contribution is 5.81. The molecule has 0 saturated carbocycles. The van der Waals surface area contributed by atoms with Crippen LogP contribution in [0.5, 0.6) is 0 Å². The van der Waals surface area contributed by atoms with Gasteiger partial charge in [0.25, 0.3) is 0 Å². The van der Waals surface area contributed by atoms with Gasteiger partial charge in [-0.25, -0.2) is 0 Å². The van der Waals surface area contributed by atoms with Crippen LogP contribution in [0.15, 0.2) is 12.2 Å². The molecule has 2 atom stereocenters. The van der Waals surface area contributed by atoms with Gasteiger partial charge < -0.3 is 10.6 Å². The third-order valence-electron chi connectivity index (χ3n) is 2.98. The highest BCUT2D eigenvalue weighted by Gasteiger charge is 2.17. The first-order valence-corrected chi connectivity index (χ1v) is 6.42. The van der Waals surface area contributed by atoms with Crippen LogP contribution in [0.3, 0.4) is 0 Å². The molecule has 3 nitrogen and oxygen atoms in total. The molecule has 0 aromatic heterocycles. The van der Waals surface area contributed by atoms with Crippen molar-refractivity contribution in [3.63, 3.8) is 0 Å². The molecular formula is C13H24N2O. The monoisotopic (exact) mass is 224 g/mol. The van der Waals surface area contributed by atoms with E-state index in [1.165, 1.54) is 0 Å². The normalized spacial score (nSPS) is 21.8. The van der Waals surface area contributed by atoms with Gasteiger partial charge in [-0.1, -0.05) is 25.5 Å². The van der Waals surface area contributed by atoms with Crippen molar-refractivity contribution in [2.24, 2.45) is 0 Å². The van der Waals surface area contributed by atoms with Gasteiger partial charge in [0.2, 0.25) is 5.91 Å². The first-order chi connectivity index (χ1) is 7.74. The van der Waals surface area contributed by atoms with Crippen LogP contribution < -0.4 is 10.6 Å². The van der Waals surface area contributed by atoms with E-state index >= 15 is 0 Å². The second-order valence-electron chi connectivity index (χ2n) is 4.51. The lowest BCUT2D eigenvalue weighted by molar-refractivity contribution is -0.122. The maximum absolute atomic E-state index is 11.7. The van der Waals surface area contributed by atoms with Crippen LogP contribution in [0.25, 0.3) is 0 Å². The number of hydrogen-bond donors (Lipinski definition) is 2. The van der Waals surface area contributed by atoms with Crippen molar-refractivity contribution in [3.05, 3.63) is 12.2 Å². The highest BCUT2D eigenvalue weighted by atomic mass is 16.2. The molecule has 1 rings (SSSR count). The lowest BCUT2D eigenvalue weighted by Gasteiger charge is -2.23. The van der Waals surface area contributed by atoms with Crippen LogP contribution in [0.2, 0.25) is 0 Å². The van der Waals surface area contributed by atoms with E-state index in [2.05, 4.69) is 29.7 Å². The molecule has 0 aliphatic heterocycles. The average molecular weight is 224 g/mol. The van der Waals surface area contributed by atoms with Gasteiger partial charge in [-0.2, -0.15) is 0 Å². The molecule has 2 N–H and O–H groups in total. The van der Waals surface area contributed by atoms with Gasteiger partial charge in [-0.05, 0) is 32.6 Å². The molecule has 1 aliphatic carbocycles. The molecule has 0 heterocycles. The predicted octanol–water partition coefficient (Wildman–Crippen LogP) is 1.99. The topological polar surface area (TPSA) is 41.1 Å². The summed E-state index contributed by atoms with van der Waals surface area (Å²) in [6.07, 6.45) is 9.91. The zero-order valence-corrected chi connectivity index (χ0v) is 10.5. The summed E-state index contributed by atoms with van der Waals surface area (Å²) in [6.45, 7) is 4.87. The van der Waals surface area contributed by atoms with Crippen LogP contribution in [-0.2, 0) is 4.79 Å². The first-order valence-electron chi connectivity index (χ1n) is 6.42. The first kappa shape index (κ1) is 13.2. The molecule has 1 amide bonds. The van der Waals surface area contributed by atoms with E-state index in [9.17, 15) is 4.79 Å². The summed E-state index contributed by atoms with van der Waals surface area (Å²) in [6, 6.07) is 0.394. The van der Waals surface area contributed by atoms with E-state index in [1.807, 2.05) is 6.92 Å². The van der Waals surface area contributed by atoms with E-state index in [0.29, 0.717) is 6.04 Å². The van der Waals surface area contributed by atoms with E-state index in [-0.39, 0.29) is 11.9 Å². The Morgan fingerprint density at radius 1 is 1.50 bits per heavy atom. The van der Waals surface area contributed by atoms with Crippen molar-refractivity contribution in [3.8, 4) is 0 Å². The summed E-state index contributed by atoms with van der Waals surface area (Å²) in [7, 11) is 0. The van der Waals surface area contributed by atoms with Crippen LogP contribution in [0.4, 0.5) is 0 Å². The van der Waals surface area contributed by atoms with E-state index < -0.39 is 0 Å². The fraction of sp³-hybridized carbons (Fsp3) is 0.769. The molecule has 1 aliphatic rings. The number of carbonyl (C=O) groups is 1. The maximum atomic E-state index is 11.7. The quantitative estimate of drug-likeness (QED) is 0.535. The molecule has 0 spiro atoms. The summed E-state index contributed by atoms with van der Waals surface area (Å²) in [4.78, 5) is 11.7. The van der Waals surface area contributed by atoms with Crippen LogP contribution >= 0.6 is 0 Å². The second kappa shape index (κ2) is 7.44. The van der Waals surface area contributed by atoms with Crippen molar-refractivity contribution in [2.75, 3.05) is 6.54 Å². The van der Waals surface area contributed by atoms with Crippen molar-refractivity contribution >= 4 is 5.91 Å². The Morgan fingerprint density at radius 2 is 2.31 bits per heavy atom. The zero-order chi connectivity index (χ0) is 11.8. The van der Waals surface area contributed by atoms with Gasteiger partial charge in [0.1, 0.15) is 0 Å². The fourth-order valence-electron chi connectivity index (χ4n) is 1.92. The minimum atomic E-state index is -0.0756. The number of hydrogen-bond acceptors (Lipinski definition) is 2. The minimum absolute atomic E-state index is 0.0756. The van der Waals surface area contributed by atoms with Gasteiger partial charge in [0.05, 0.1) is 6.04 Å². The summed E-state index contributed by atoms with van der Waals surface area (Å²) >= 11 is 0. The molecule has 0 aromatic rings. The molecule has 0 aromatic carbocycles. The fourth-order valence-corrected chi connectivity index (χ4v) is 1.92. The smallest absolute Gasteiger partial charge is 0.236 e. The molecule has 3 heteroatoms. The van der Waals surface area contributed by atoms with E-state index in [1.54, 1.807) is 0 Å². The van der Waals surface area contributed by atoms with Gasteiger partial charge in [-0.3, -0.25) is 4.79 Å². The zero-order valence-electron chi connectivity index (χ0n) is 10.5. The number of allylic oxidation sites excluding steroid dienone is 1. The van der Waals surface area contributed by atoms with E-state index in [4.69, 9.17) is 0 Å². The number of amides is 1. The maximum Gasteiger partial charge on any atom is 0.236 e. The van der Waals surface area contributed by atoms with Crippen LogP contribution in [0.1, 0.15) is 46.0 Å². The lowest BCUT2D eigenvalue weighted by atomic mass is 10.0. The predicted molar refractivity (Wildman–Crippen MR) is 67.3 cm³/mol. The molecular weight excluding hydrogens is 200 g/mol. The Kier molecular flexibility index (Phi) is 6.16. The molecule has 0 fully saturated rings. The highest BCUT2D eigenvalue weighted by Crippen LogP contribution is 2.11. The Balaban J connectivity index is 2.19. The van der Waals surface area contributed by atoms with Gasteiger partial charge in [0, 0.05) is 12.6 Å². The number of unbranched alkanes of at least 4 members (excludes halogenated alkanes) is 1. The van der Waals surface area contributed by atoms with Gasteiger partial charge >= 0.3 is 0 Å². The van der Waals surface area contributed by atoms with Crippen LogP contribution in [-0.4, -0.2) is 24.5 Å². The molecule has 2 unspecified atom stereocenters. The molecule has 0 radical (unpaired) electrons. The van der Waals surface area contributed by atoms with Gasteiger partial charge in [-0.15, -0.1) is 0 Å². The molecule has 0 bridgehead atoms. The van der Waals surface area contributed by atoms with E-state index in [0.717, 1.165) is 38.6 Å². The largest absolute Gasteiger partial charge is 0.355 e. The van der Waals surface area contributed by atoms with Crippen molar-refractivity contribution in [1.29, 1.82) is 0 Å². The second-order valence-corrected chi connectivity index (χ2v) is 4.51. The third-order valence-corrected chi connectivity index (χ3v) is 2.98. The summed E-state index contributed by atoms with van der Waals surface area (Å²) in [5.41, 5.74) is 0. The molecule has 92 valence electrons. The van der Waals surface area contributed by atoms with Crippen molar-refractivity contribution < 1.29 is 4.79 Å². The Hall–Kier alpha value is -0.830. The molecule has 16 heavy (non-hydrogen) atoms. The Bertz CT molecular complexity index is 238. The van der Waals surface area contributed by atoms with Crippen molar-refractivity contribution in [2.45, 2.75) is 58.0 Å². The molecule has 0 saturated heterocycles. The van der Waals surface area contributed by atoms with Crippen LogP contribution in [0, 0.1) is 0 Å². The van der Waals surface area contributed by atoms with Gasteiger partial charge in [0.15, 0.2) is 0 Å². The number of carbonyl (C=O) groups excluding carboxylic acids is 1. The average Bonchev–Trinajstić information content (AvgIpc) is 2.30. The number of rotatable bonds is 6. The third kappa shape index (κ3) is 4.79. The Labute approximate surface area is 98.7 Å². The summed E-state index contributed by atoms with van der Waals surface area (Å²) < 4.78 is 0. The Morgan fingerprint density at radius 3 is 2.94 bits per heavy atom. The van der Waals surface area contributed by atoms with Crippen molar-refractivity contribution in [1.82, 2.24) is 10.6 Å². The number of nitrogens with one attached hydrogen (secondary N) is 2.